The summed E-state index contributed by atoms with van der Waals surface area (Å²) in [5.74, 6) is 2.05. The van der Waals surface area contributed by atoms with Gasteiger partial charge in [-0.2, -0.15) is 0 Å². The molecule has 0 bridgehead atoms. The van der Waals surface area contributed by atoms with Gasteiger partial charge in [-0.25, -0.2) is 4.98 Å². The predicted molar refractivity (Wildman–Crippen MR) is 83.7 cm³/mol. The first-order valence-electron chi connectivity index (χ1n) is 7.12. The summed E-state index contributed by atoms with van der Waals surface area (Å²) in [5, 5.41) is 0. The largest absolute Gasteiger partial charge is 0.481 e. The van der Waals surface area contributed by atoms with Crippen LogP contribution in [-0.4, -0.2) is 12.1 Å². The van der Waals surface area contributed by atoms with Gasteiger partial charge in [-0.05, 0) is 59.5 Å². The topological polar surface area (TPSA) is 22.1 Å². The molecule has 0 radical (unpaired) electrons. The summed E-state index contributed by atoms with van der Waals surface area (Å²) in [4.78, 5) is 4.64. The Morgan fingerprint density at radius 3 is 2.63 bits per heavy atom. The van der Waals surface area contributed by atoms with Gasteiger partial charge in [0.2, 0.25) is 5.88 Å². The Morgan fingerprint density at radius 1 is 1.42 bits per heavy atom. The standard InChI is InChI=1S/C16H22BrNO/c1-4-11(5-2)10-14(17)15-9-8-13(12-6-7-12)16(18-15)19-3/h8-12H,4-7H2,1-3H3/b14-10-. The van der Waals surface area contributed by atoms with E-state index in [9.17, 15) is 0 Å². The number of nitrogens with zero attached hydrogens (tertiary/aromatic N) is 1. The maximum absolute atomic E-state index is 5.44. The lowest BCUT2D eigenvalue weighted by Gasteiger charge is -2.10. The van der Waals surface area contributed by atoms with Gasteiger partial charge >= 0.3 is 0 Å². The van der Waals surface area contributed by atoms with Crippen molar-refractivity contribution in [2.24, 2.45) is 5.92 Å². The molecule has 1 saturated carbocycles. The summed E-state index contributed by atoms with van der Waals surface area (Å²) in [6, 6.07) is 4.26. The first-order valence-corrected chi connectivity index (χ1v) is 7.91. The van der Waals surface area contributed by atoms with Crippen molar-refractivity contribution >= 4 is 20.4 Å². The lowest BCUT2D eigenvalue weighted by Crippen LogP contribution is -1.98. The number of methoxy groups -OCH3 is 1. The zero-order valence-electron chi connectivity index (χ0n) is 11.9. The molecule has 104 valence electrons. The highest BCUT2D eigenvalue weighted by Crippen LogP contribution is 2.44. The molecule has 1 heterocycles. The van der Waals surface area contributed by atoms with Gasteiger partial charge in [-0.1, -0.05) is 26.0 Å². The van der Waals surface area contributed by atoms with Crippen molar-refractivity contribution in [2.45, 2.75) is 45.4 Å². The van der Waals surface area contributed by atoms with Gasteiger partial charge in [-0.15, -0.1) is 0 Å². The van der Waals surface area contributed by atoms with Crippen LogP contribution in [0.15, 0.2) is 18.2 Å². The van der Waals surface area contributed by atoms with Crippen molar-refractivity contribution in [3.8, 4) is 5.88 Å². The van der Waals surface area contributed by atoms with Crippen molar-refractivity contribution in [3.63, 3.8) is 0 Å². The van der Waals surface area contributed by atoms with E-state index in [-0.39, 0.29) is 0 Å². The summed E-state index contributed by atoms with van der Waals surface area (Å²) in [5.41, 5.74) is 2.22. The van der Waals surface area contributed by atoms with Gasteiger partial charge in [0, 0.05) is 10.0 Å². The van der Waals surface area contributed by atoms with Gasteiger partial charge < -0.3 is 4.74 Å². The summed E-state index contributed by atoms with van der Waals surface area (Å²) in [6.45, 7) is 4.43. The number of hydrogen-bond acceptors (Lipinski definition) is 2. The zero-order valence-corrected chi connectivity index (χ0v) is 13.5. The molecule has 0 N–H and O–H groups in total. The van der Waals surface area contributed by atoms with E-state index in [4.69, 9.17) is 4.74 Å². The second kappa shape index (κ2) is 6.56. The van der Waals surface area contributed by atoms with Crippen LogP contribution in [-0.2, 0) is 0 Å². The maximum atomic E-state index is 5.44. The molecule has 1 aliphatic rings. The second-order valence-electron chi connectivity index (χ2n) is 5.16. The Kier molecular flexibility index (Phi) is 5.03. The van der Waals surface area contributed by atoms with E-state index in [0.717, 1.165) is 28.9 Å². The number of pyridine rings is 1. The highest BCUT2D eigenvalue weighted by Gasteiger charge is 2.27. The number of allylic oxidation sites excluding steroid dienone is 1. The molecule has 0 unspecified atom stereocenters. The average Bonchev–Trinajstić information content (AvgIpc) is 3.28. The molecule has 1 aliphatic carbocycles. The third kappa shape index (κ3) is 3.59. The molecule has 0 saturated heterocycles. The van der Waals surface area contributed by atoms with Crippen molar-refractivity contribution in [2.75, 3.05) is 7.11 Å². The Labute approximate surface area is 124 Å². The quantitative estimate of drug-likeness (QED) is 0.723. The fourth-order valence-electron chi connectivity index (χ4n) is 2.27. The molecule has 2 rings (SSSR count). The third-order valence-corrected chi connectivity index (χ3v) is 4.45. The Balaban J connectivity index is 2.24. The minimum Gasteiger partial charge on any atom is -0.481 e. The minimum atomic E-state index is 0.602. The third-order valence-electron chi connectivity index (χ3n) is 3.78. The molecule has 0 spiro atoms. The van der Waals surface area contributed by atoms with Crippen LogP contribution in [0, 0.1) is 5.92 Å². The van der Waals surface area contributed by atoms with Crippen LogP contribution in [0.1, 0.15) is 56.7 Å². The lowest BCUT2D eigenvalue weighted by molar-refractivity contribution is 0.392. The van der Waals surface area contributed by atoms with Crippen LogP contribution >= 0.6 is 15.9 Å². The maximum Gasteiger partial charge on any atom is 0.217 e. The number of ether oxygens (including phenoxy) is 1. The Morgan fingerprint density at radius 2 is 2.11 bits per heavy atom. The summed E-state index contributed by atoms with van der Waals surface area (Å²) in [7, 11) is 1.70. The van der Waals surface area contributed by atoms with Gasteiger partial charge in [0.25, 0.3) is 0 Å². The molecule has 0 atom stereocenters. The highest BCUT2D eigenvalue weighted by molar-refractivity contribution is 9.15. The van der Waals surface area contributed by atoms with Crippen LogP contribution in [0.4, 0.5) is 0 Å². The van der Waals surface area contributed by atoms with E-state index < -0.39 is 0 Å². The second-order valence-corrected chi connectivity index (χ2v) is 6.01. The van der Waals surface area contributed by atoms with E-state index in [0.29, 0.717) is 11.8 Å². The molecule has 2 nitrogen and oxygen atoms in total. The molecule has 0 aromatic carbocycles. The van der Waals surface area contributed by atoms with E-state index >= 15 is 0 Å². The van der Waals surface area contributed by atoms with Crippen LogP contribution in [0.25, 0.3) is 4.48 Å². The lowest BCUT2D eigenvalue weighted by atomic mass is 10.0. The van der Waals surface area contributed by atoms with E-state index in [1.807, 2.05) is 0 Å². The highest BCUT2D eigenvalue weighted by atomic mass is 79.9. The van der Waals surface area contributed by atoms with E-state index in [1.54, 1.807) is 7.11 Å². The smallest absolute Gasteiger partial charge is 0.217 e. The van der Waals surface area contributed by atoms with Gasteiger partial charge in [-0.3, -0.25) is 0 Å². The Hall–Kier alpha value is -0.830. The van der Waals surface area contributed by atoms with Crippen molar-refractivity contribution in [1.29, 1.82) is 0 Å². The number of rotatable bonds is 6. The molecule has 0 aliphatic heterocycles. The van der Waals surface area contributed by atoms with Crippen molar-refractivity contribution in [3.05, 3.63) is 29.5 Å². The summed E-state index contributed by atoms with van der Waals surface area (Å²) < 4.78 is 6.51. The first-order chi connectivity index (χ1) is 9.19. The monoisotopic (exact) mass is 323 g/mol. The fraction of sp³-hybridized carbons (Fsp3) is 0.562. The number of halogens is 1. The molecule has 19 heavy (non-hydrogen) atoms. The van der Waals surface area contributed by atoms with E-state index in [2.05, 4.69) is 53.0 Å². The minimum absolute atomic E-state index is 0.602. The predicted octanol–water partition coefficient (Wildman–Crippen LogP) is 5.14. The van der Waals surface area contributed by atoms with Gasteiger partial charge in [0.15, 0.2) is 0 Å². The van der Waals surface area contributed by atoms with Crippen molar-refractivity contribution < 1.29 is 4.74 Å². The van der Waals surface area contributed by atoms with Gasteiger partial charge in [0.1, 0.15) is 0 Å². The summed E-state index contributed by atoms with van der Waals surface area (Å²) in [6.07, 6.45) is 7.11. The molecule has 1 aromatic heterocycles. The molecular weight excluding hydrogens is 302 g/mol. The zero-order chi connectivity index (χ0) is 13.8. The van der Waals surface area contributed by atoms with Crippen LogP contribution in [0.3, 0.4) is 0 Å². The molecule has 1 aromatic rings. The molecule has 1 fully saturated rings. The van der Waals surface area contributed by atoms with Crippen molar-refractivity contribution in [1.82, 2.24) is 4.98 Å². The van der Waals surface area contributed by atoms with Crippen LogP contribution in [0.2, 0.25) is 0 Å². The normalized spacial score (nSPS) is 15.9. The molecular formula is C16H22BrNO. The number of hydrogen-bond donors (Lipinski definition) is 0. The molecule has 3 heteroatoms. The van der Waals surface area contributed by atoms with Crippen LogP contribution < -0.4 is 4.74 Å². The SMILES string of the molecule is CCC(/C=C(\Br)c1ccc(C2CC2)c(OC)n1)CC. The molecule has 0 amide bonds. The summed E-state index contributed by atoms with van der Waals surface area (Å²) >= 11 is 3.65. The van der Waals surface area contributed by atoms with E-state index in [1.165, 1.54) is 18.4 Å². The number of aromatic nitrogens is 1. The van der Waals surface area contributed by atoms with Crippen LogP contribution in [0.5, 0.6) is 5.88 Å². The first kappa shape index (κ1) is 14.6. The average molecular weight is 324 g/mol. The van der Waals surface area contributed by atoms with Gasteiger partial charge in [0.05, 0.1) is 12.8 Å². The Bertz CT molecular complexity index is 462. The fourth-order valence-corrected chi connectivity index (χ4v) is 2.86.